The van der Waals surface area contributed by atoms with E-state index in [9.17, 15) is 9.59 Å². The van der Waals surface area contributed by atoms with Crippen molar-refractivity contribution in [3.63, 3.8) is 0 Å². The average molecular weight is 302 g/mol. The minimum atomic E-state index is -0.421. The predicted octanol–water partition coefficient (Wildman–Crippen LogP) is 3.61. The van der Waals surface area contributed by atoms with Crippen molar-refractivity contribution in [1.82, 2.24) is 0 Å². The van der Waals surface area contributed by atoms with E-state index < -0.39 is 5.41 Å². The van der Waals surface area contributed by atoms with Crippen molar-refractivity contribution < 1.29 is 9.59 Å². The third kappa shape index (κ3) is 3.67. The van der Waals surface area contributed by atoms with Gasteiger partial charge in [-0.2, -0.15) is 0 Å². The maximum absolute atomic E-state index is 12.1. The molecule has 0 radical (unpaired) electrons. The van der Waals surface area contributed by atoms with Gasteiger partial charge in [0.05, 0.1) is 0 Å². The van der Waals surface area contributed by atoms with Crippen LogP contribution in [0.15, 0.2) is 18.2 Å². The average Bonchev–Trinajstić information content (AvgIpc) is 2.40. The molecular formula is C18H26N2O2. The Bertz CT molecular complexity index is 585. The molecule has 0 aliphatic carbocycles. The lowest BCUT2D eigenvalue weighted by Crippen LogP contribution is -2.37. The van der Waals surface area contributed by atoms with E-state index in [0.717, 1.165) is 29.9 Å². The molecule has 0 atom stereocenters. The third-order valence-corrected chi connectivity index (χ3v) is 3.77. The number of hydrogen-bond acceptors (Lipinski definition) is 2. The number of benzene rings is 1. The van der Waals surface area contributed by atoms with Gasteiger partial charge in [-0.15, -0.1) is 0 Å². The van der Waals surface area contributed by atoms with Gasteiger partial charge in [0.2, 0.25) is 11.8 Å². The number of fused-ring (bicyclic) bond motifs is 1. The van der Waals surface area contributed by atoms with Gasteiger partial charge in [-0.3, -0.25) is 9.59 Å². The predicted molar refractivity (Wildman–Crippen MR) is 90.0 cm³/mol. The van der Waals surface area contributed by atoms with Gasteiger partial charge in [-0.25, -0.2) is 0 Å². The lowest BCUT2D eigenvalue weighted by Gasteiger charge is -2.31. The molecule has 0 bridgehead atoms. The van der Waals surface area contributed by atoms with E-state index >= 15 is 0 Å². The summed E-state index contributed by atoms with van der Waals surface area (Å²) >= 11 is 0. The Balaban J connectivity index is 2.24. The quantitative estimate of drug-likeness (QED) is 0.927. The number of carbonyl (C=O) groups is 2. The monoisotopic (exact) mass is 302 g/mol. The van der Waals surface area contributed by atoms with Crippen LogP contribution in [0.4, 0.5) is 11.4 Å². The van der Waals surface area contributed by atoms with Crippen molar-refractivity contribution >= 4 is 23.2 Å². The van der Waals surface area contributed by atoms with Crippen LogP contribution in [0.1, 0.15) is 46.6 Å². The highest BCUT2D eigenvalue weighted by atomic mass is 16.2. The summed E-state index contributed by atoms with van der Waals surface area (Å²) in [6.45, 7) is 10.6. The molecule has 1 aromatic rings. The number of nitrogens with one attached hydrogen (secondary N) is 1. The number of hydrogen-bond donors (Lipinski definition) is 1. The first kappa shape index (κ1) is 16.5. The van der Waals surface area contributed by atoms with Crippen molar-refractivity contribution in [2.75, 3.05) is 16.8 Å². The molecule has 4 nitrogen and oxygen atoms in total. The van der Waals surface area contributed by atoms with E-state index in [2.05, 4.69) is 19.2 Å². The summed E-state index contributed by atoms with van der Waals surface area (Å²) in [6.07, 6.45) is 1.28. The van der Waals surface area contributed by atoms with Crippen LogP contribution in [0.3, 0.4) is 0 Å². The smallest absolute Gasteiger partial charge is 0.229 e. The number of aryl methyl sites for hydroxylation is 1. The zero-order valence-electron chi connectivity index (χ0n) is 14.2. The molecule has 1 aromatic carbocycles. The Morgan fingerprint density at radius 1 is 1.27 bits per heavy atom. The molecule has 120 valence electrons. The van der Waals surface area contributed by atoms with Gasteiger partial charge in [0.1, 0.15) is 0 Å². The Morgan fingerprint density at radius 2 is 1.95 bits per heavy atom. The van der Waals surface area contributed by atoms with Crippen molar-refractivity contribution in [2.45, 2.75) is 47.5 Å². The summed E-state index contributed by atoms with van der Waals surface area (Å²) < 4.78 is 0. The van der Waals surface area contributed by atoms with Crippen LogP contribution in [-0.2, 0) is 16.0 Å². The van der Waals surface area contributed by atoms with Gasteiger partial charge >= 0.3 is 0 Å². The molecule has 2 amide bonds. The summed E-state index contributed by atoms with van der Waals surface area (Å²) in [4.78, 5) is 26.1. The second-order valence-electron chi connectivity index (χ2n) is 7.45. The summed E-state index contributed by atoms with van der Waals surface area (Å²) in [5.74, 6) is 0.612. The largest absolute Gasteiger partial charge is 0.326 e. The number of rotatable bonds is 3. The van der Waals surface area contributed by atoms with Crippen LogP contribution < -0.4 is 10.2 Å². The molecule has 2 rings (SSSR count). The molecule has 1 N–H and O–H groups in total. The van der Waals surface area contributed by atoms with Gasteiger partial charge < -0.3 is 10.2 Å². The lowest BCUT2D eigenvalue weighted by atomic mass is 9.95. The van der Waals surface area contributed by atoms with Crippen LogP contribution in [0.25, 0.3) is 0 Å². The number of carbonyl (C=O) groups excluding carboxylic acids is 2. The normalized spacial score (nSPS) is 15.0. The summed E-state index contributed by atoms with van der Waals surface area (Å²) in [5, 5.41) is 2.96. The molecule has 0 spiro atoms. The molecule has 1 aliphatic rings. The van der Waals surface area contributed by atoms with Crippen LogP contribution in [0.2, 0.25) is 0 Å². The van der Waals surface area contributed by atoms with Gasteiger partial charge in [-0.05, 0) is 36.1 Å². The molecule has 0 saturated carbocycles. The van der Waals surface area contributed by atoms with Gasteiger partial charge in [-0.1, -0.05) is 34.6 Å². The van der Waals surface area contributed by atoms with Gasteiger partial charge in [0.15, 0.2) is 0 Å². The second-order valence-corrected chi connectivity index (χ2v) is 7.45. The van der Waals surface area contributed by atoms with Crippen molar-refractivity contribution in [1.29, 1.82) is 0 Å². The Labute approximate surface area is 132 Å². The van der Waals surface area contributed by atoms with Crippen LogP contribution in [-0.4, -0.2) is 18.4 Å². The third-order valence-electron chi connectivity index (χ3n) is 3.77. The zero-order valence-corrected chi connectivity index (χ0v) is 14.2. The number of anilines is 2. The van der Waals surface area contributed by atoms with Gasteiger partial charge in [0.25, 0.3) is 0 Å². The van der Waals surface area contributed by atoms with E-state index in [1.807, 2.05) is 43.9 Å². The Kier molecular flexibility index (Phi) is 4.59. The van der Waals surface area contributed by atoms with Crippen LogP contribution in [0, 0.1) is 11.3 Å². The topological polar surface area (TPSA) is 49.4 Å². The molecule has 4 heteroatoms. The molecule has 0 aromatic heterocycles. The molecule has 0 saturated heterocycles. The van der Waals surface area contributed by atoms with Gasteiger partial charge in [0, 0.05) is 29.8 Å². The highest BCUT2D eigenvalue weighted by Gasteiger charge is 2.26. The maximum atomic E-state index is 12.1. The Hall–Kier alpha value is -1.84. The lowest BCUT2D eigenvalue weighted by molar-refractivity contribution is -0.123. The van der Waals surface area contributed by atoms with E-state index in [0.29, 0.717) is 12.3 Å². The fourth-order valence-corrected chi connectivity index (χ4v) is 2.52. The van der Waals surface area contributed by atoms with Crippen LogP contribution in [0.5, 0.6) is 0 Å². The van der Waals surface area contributed by atoms with Crippen molar-refractivity contribution in [3.8, 4) is 0 Å². The minimum Gasteiger partial charge on any atom is -0.326 e. The van der Waals surface area contributed by atoms with Crippen molar-refractivity contribution in [3.05, 3.63) is 23.8 Å². The maximum Gasteiger partial charge on any atom is 0.229 e. The highest BCUT2D eigenvalue weighted by molar-refractivity contribution is 5.98. The fourth-order valence-electron chi connectivity index (χ4n) is 2.52. The standard InChI is InChI=1S/C18H26N2O2/c1-12(2)11-20-15-8-7-14(19-17(22)18(3,4)5)10-13(15)6-9-16(20)21/h7-8,10,12H,6,9,11H2,1-5H3,(H,19,22). The molecular weight excluding hydrogens is 276 g/mol. The number of nitrogens with zero attached hydrogens (tertiary/aromatic N) is 1. The Morgan fingerprint density at radius 3 is 2.55 bits per heavy atom. The zero-order chi connectivity index (χ0) is 16.5. The second kappa shape index (κ2) is 6.11. The van der Waals surface area contributed by atoms with E-state index in [4.69, 9.17) is 0 Å². The SMILES string of the molecule is CC(C)CN1C(=O)CCc2cc(NC(=O)C(C)(C)C)ccc21. The van der Waals surface area contributed by atoms with E-state index in [1.165, 1.54) is 0 Å². The molecule has 1 heterocycles. The first-order chi connectivity index (χ1) is 10.2. The first-order valence-electron chi connectivity index (χ1n) is 7.93. The summed E-state index contributed by atoms with van der Waals surface area (Å²) in [6, 6.07) is 5.83. The van der Waals surface area contributed by atoms with Crippen LogP contribution >= 0.6 is 0 Å². The summed E-state index contributed by atoms with van der Waals surface area (Å²) in [7, 11) is 0. The molecule has 0 fully saturated rings. The van der Waals surface area contributed by atoms with E-state index in [-0.39, 0.29) is 11.8 Å². The highest BCUT2D eigenvalue weighted by Crippen LogP contribution is 2.31. The van der Waals surface area contributed by atoms with Crippen molar-refractivity contribution in [2.24, 2.45) is 11.3 Å². The fraction of sp³-hybridized carbons (Fsp3) is 0.556. The first-order valence-corrected chi connectivity index (χ1v) is 7.93. The van der Waals surface area contributed by atoms with E-state index in [1.54, 1.807) is 0 Å². The molecule has 22 heavy (non-hydrogen) atoms. The molecule has 0 unspecified atom stereocenters. The molecule has 1 aliphatic heterocycles. The minimum absolute atomic E-state index is 0.00151. The summed E-state index contributed by atoms with van der Waals surface area (Å²) in [5.41, 5.74) is 2.50. The number of amides is 2.